The molecule has 0 aliphatic carbocycles. The minimum atomic E-state index is -0.352. The van der Waals surface area contributed by atoms with Crippen LogP contribution < -0.4 is 16.0 Å². The zero-order valence-electron chi connectivity index (χ0n) is 16.2. The molecule has 2 rings (SSSR count). The van der Waals surface area contributed by atoms with Crippen molar-refractivity contribution in [3.63, 3.8) is 0 Å². The minimum Gasteiger partial charge on any atom is -0.357 e. The smallest absolute Gasteiger partial charge is 0.224 e. The van der Waals surface area contributed by atoms with E-state index in [1.807, 2.05) is 6.92 Å². The second kappa shape index (κ2) is 11.0. The van der Waals surface area contributed by atoms with E-state index in [0.29, 0.717) is 43.3 Å². The lowest BCUT2D eigenvalue weighted by Crippen LogP contribution is -2.41. The summed E-state index contributed by atoms with van der Waals surface area (Å²) in [6, 6.07) is 10.9. The molecule has 0 saturated carbocycles. The first-order chi connectivity index (χ1) is 13.5. The van der Waals surface area contributed by atoms with Crippen LogP contribution in [0.15, 0.2) is 47.5 Å². The van der Waals surface area contributed by atoms with Crippen molar-refractivity contribution in [2.24, 2.45) is 4.99 Å². The molecule has 2 aromatic rings. The van der Waals surface area contributed by atoms with Crippen LogP contribution in [-0.2, 0) is 17.8 Å². The Labute approximate surface area is 164 Å². The van der Waals surface area contributed by atoms with Crippen LogP contribution in [0.1, 0.15) is 23.6 Å². The predicted octanol–water partition coefficient (Wildman–Crippen LogP) is 2.69. The molecule has 0 saturated heterocycles. The van der Waals surface area contributed by atoms with E-state index in [-0.39, 0.29) is 24.0 Å². The van der Waals surface area contributed by atoms with Gasteiger partial charge in [-0.1, -0.05) is 24.3 Å². The molecule has 0 spiro atoms. The fourth-order valence-electron chi connectivity index (χ4n) is 2.59. The molecule has 0 bridgehead atoms. The van der Waals surface area contributed by atoms with Crippen molar-refractivity contribution in [1.29, 1.82) is 0 Å². The number of amides is 1. The number of hydrogen-bond acceptors (Lipinski definition) is 2. The van der Waals surface area contributed by atoms with E-state index in [2.05, 4.69) is 20.9 Å². The largest absolute Gasteiger partial charge is 0.357 e. The number of halogens is 2. The summed E-state index contributed by atoms with van der Waals surface area (Å²) in [5.74, 6) is -0.137. The van der Waals surface area contributed by atoms with E-state index in [0.717, 1.165) is 5.56 Å². The molecule has 28 heavy (non-hydrogen) atoms. The van der Waals surface area contributed by atoms with Crippen molar-refractivity contribution in [2.45, 2.75) is 26.8 Å². The van der Waals surface area contributed by atoms with Gasteiger partial charge in [-0.25, -0.2) is 13.8 Å². The topological polar surface area (TPSA) is 65.5 Å². The molecule has 7 heteroatoms. The van der Waals surface area contributed by atoms with Gasteiger partial charge in [-0.05, 0) is 48.7 Å². The Hall–Kier alpha value is -2.96. The Morgan fingerprint density at radius 1 is 1.00 bits per heavy atom. The second-order valence-corrected chi connectivity index (χ2v) is 6.36. The Morgan fingerprint density at radius 2 is 1.79 bits per heavy atom. The number of nitrogens with one attached hydrogen (secondary N) is 3. The molecule has 150 valence electrons. The molecule has 0 heterocycles. The van der Waals surface area contributed by atoms with Gasteiger partial charge in [0, 0.05) is 19.6 Å². The number of aryl methyl sites for hydroxylation is 1. The average Bonchev–Trinajstić information content (AvgIpc) is 2.66. The van der Waals surface area contributed by atoms with E-state index in [1.165, 1.54) is 18.2 Å². The highest BCUT2D eigenvalue weighted by molar-refractivity contribution is 5.80. The summed E-state index contributed by atoms with van der Waals surface area (Å²) in [5, 5.41) is 9.05. The fraction of sp³-hybridized carbons (Fsp3) is 0.333. The normalized spacial score (nSPS) is 11.2. The number of rotatable bonds is 8. The number of nitrogens with zero attached hydrogens (tertiary/aromatic N) is 1. The summed E-state index contributed by atoms with van der Waals surface area (Å²) in [7, 11) is 0. The lowest BCUT2D eigenvalue weighted by Gasteiger charge is -2.12. The highest BCUT2D eigenvalue weighted by Gasteiger charge is 2.04. The van der Waals surface area contributed by atoms with Gasteiger partial charge in [0.05, 0.1) is 13.0 Å². The molecule has 0 aliphatic rings. The summed E-state index contributed by atoms with van der Waals surface area (Å²) in [4.78, 5) is 16.4. The van der Waals surface area contributed by atoms with Crippen molar-refractivity contribution in [2.75, 3.05) is 19.6 Å². The van der Waals surface area contributed by atoms with Gasteiger partial charge in [-0.2, -0.15) is 0 Å². The number of hydrogen-bond donors (Lipinski definition) is 3. The number of aliphatic imine (C=N–C) groups is 1. The zero-order valence-corrected chi connectivity index (χ0v) is 16.2. The SMILES string of the molecule is CCNC(=NCc1ccc(F)c(C)c1)NCCNC(=O)Cc1cccc(F)c1. The monoisotopic (exact) mass is 388 g/mol. The maximum absolute atomic E-state index is 13.3. The Bertz CT molecular complexity index is 824. The zero-order chi connectivity index (χ0) is 20.4. The van der Waals surface area contributed by atoms with Crippen LogP contribution in [0, 0.1) is 18.6 Å². The number of carbonyl (C=O) groups excluding carboxylic acids is 1. The van der Waals surface area contributed by atoms with Crippen molar-refractivity contribution < 1.29 is 13.6 Å². The second-order valence-electron chi connectivity index (χ2n) is 6.36. The number of guanidine groups is 1. The molecular formula is C21H26F2N4O. The average molecular weight is 388 g/mol. The summed E-state index contributed by atoms with van der Waals surface area (Å²) < 4.78 is 26.5. The highest BCUT2D eigenvalue weighted by Crippen LogP contribution is 2.10. The lowest BCUT2D eigenvalue weighted by atomic mass is 10.1. The summed E-state index contributed by atoms with van der Waals surface area (Å²) >= 11 is 0. The van der Waals surface area contributed by atoms with E-state index in [4.69, 9.17) is 0 Å². The van der Waals surface area contributed by atoms with E-state index in [9.17, 15) is 13.6 Å². The van der Waals surface area contributed by atoms with Gasteiger partial charge in [0.1, 0.15) is 11.6 Å². The van der Waals surface area contributed by atoms with Gasteiger partial charge in [0.15, 0.2) is 5.96 Å². The third kappa shape index (κ3) is 7.34. The van der Waals surface area contributed by atoms with Gasteiger partial charge >= 0.3 is 0 Å². The fourth-order valence-corrected chi connectivity index (χ4v) is 2.59. The van der Waals surface area contributed by atoms with Gasteiger partial charge in [-0.3, -0.25) is 4.79 Å². The quantitative estimate of drug-likeness (QED) is 0.370. The van der Waals surface area contributed by atoms with E-state index in [1.54, 1.807) is 31.2 Å². The van der Waals surface area contributed by atoms with Crippen LogP contribution in [0.4, 0.5) is 8.78 Å². The minimum absolute atomic E-state index is 0.135. The van der Waals surface area contributed by atoms with Crippen LogP contribution in [0.2, 0.25) is 0 Å². The molecule has 1 amide bonds. The summed E-state index contributed by atoms with van der Waals surface area (Å²) in [5.41, 5.74) is 2.14. The van der Waals surface area contributed by atoms with Crippen molar-refractivity contribution in [3.05, 3.63) is 70.8 Å². The van der Waals surface area contributed by atoms with Gasteiger partial charge in [0.2, 0.25) is 5.91 Å². The Morgan fingerprint density at radius 3 is 2.50 bits per heavy atom. The first-order valence-corrected chi connectivity index (χ1v) is 9.26. The van der Waals surface area contributed by atoms with Gasteiger partial charge in [-0.15, -0.1) is 0 Å². The first-order valence-electron chi connectivity index (χ1n) is 9.26. The molecule has 0 atom stereocenters. The molecule has 5 nitrogen and oxygen atoms in total. The molecule has 0 fully saturated rings. The van der Waals surface area contributed by atoms with Crippen LogP contribution in [-0.4, -0.2) is 31.5 Å². The van der Waals surface area contributed by atoms with Gasteiger partial charge < -0.3 is 16.0 Å². The third-order valence-corrected chi connectivity index (χ3v) is 3.98. The summed E-state index contributed by atoms with van der Waals surface area (Å²) in [6.45, 7) is 5.69. The van der Waals surface area contributed by atoms with Crippen LogP contribution in [0.5, 0.6) is 0 Å². The maximum atomic E-state index is 13.3. The first kappa shape index (κ1) is 21.3. The van der Waals surface area contributed by atoms with Gasteiger partial charge in [0.25, 0.3) is 0 Å². The third-order valence-electron chi connectivity index (χ3n) is 3.98. The van der Waals surface area contributed by atoms with Crippen molar-refractivity contribution in [1.82, 2.24) is 16.0 Å². The van der Waals surface area contributed by atoms with Crippen LogP contribution in [0.3, 0.4) is 0 Å². The van der Waals surface area contributed by atoms with Crippen molar-refractivity contribution >= 4 is 11.9 Å². The number of carbonyl (C=O) groups is 1. The molecular weight excluding hydrogens is 362 g/mol. The van der Waals surface area contributed by atoms with Crippen LogP contribution in [0.25, 0.3) is 0 Å². The van der Waals surface area contributed by atoms with Crippen LogP contribution >= 0.6 is 0 Å². The maximum Gasteiger partial charge on any atom is 0.224 e. The summed E-state index contributed by atoms with van der Waals surface area (Å²) in [6.07, 6.45) is 0.135. The highest BCUT2D eigenvalue weighted by atomic mass is 19.1. The molecule has 0 radical (unpaired) electrons. The van der Waals surface area contributed by atoms with Crippen molar-refractivity contribution in [3.8, 4) is 0 Å². The molecule has 3 N–H and O–H groups in total. The van der Waals surface area contributed by atoms with E-state index >= 15 is 0 Å². The lowest BCUT2D eigenvalue weighted by molar-refractivity contribution is -0.120. The molecule has 2 aromatic carbocycles. The number of benzene rings is 2. The molecule has 0 unspecified atom stereocenters. The standard InChI is InChI=1S/C21H26F2N4O/c1-3-24-21(27-14-17-7-8-19(23)15(2)11-17)26-10-9-25-20(28)13-16-5-4-6-18(22)12-16/h4-8,11-12H,3,9-10,13-14H2,1-2H3,(H,25,28)(H2,24,26,27). The molecule has 0 aliphatic heterocycles. The Balaban J connectivity index is 1.77. The predicted molar refractivity (Wildman–Crippen MR) is 107 cm³/mol. The Kier molecular flexibility index (Phi) is 8.39. The van der Waals surface area contributed by atoms with E-state index < -0.39 is 0 Å². The molecule has 0 aromatic heterocycles.